The van der Waals surface area contributed by atoms with Crippen LogP contribution in [-0.2, 0) is 17.1 Å². The zero-order valence-corrected chi connectivity index (χ0v) is 18.0. The molecule has 1 aromatic rings. The van der Waals surface area contributed by atoms with Crippen LogP contribution in [0.25, 0.3) is 0 Å². The molecular weight excluding hydrogens is 338 g/mol. The highest BCUT2D eigenvalue weighted by molar-refractivity contribution is 7.99. The van der Waals surface area contributed by atoms with Gasteiger partial charge in [0.15, 0.2) is 0 Å². The highest BCUT2D eigenvalue weighted by Gasteiger charge is 2.36. The van der Waals surface area contributed by atoms with Crippen LogP contribution in [0.1, 0.15) is 60.5 Å². The van der Waals surface area contributed by atoms with Gasteiger partial charge in [-0.25, -0.2) is 0 Å². The maximum absolute atomic E-state index is 12.4. The van der Waals surface area contributed by atoms with Crippen LogP contribution in [0.4, 0.5) is 0 Å². The lowest BCUT2D eigenvalue weighted by molar-refractivity contribution is 0.379. The summed E-state index contributed by atoms with van der Waals surface area (Å²) in [6.07, 6.45) is 0.933. The first kappa shape index (κ1) is 21.7. The number of methoxy groups -OCH3 is 1. The zero-order valence-electron chi connectivity index (χ0n) is 16.4. The molecule has 0 heterocycles. The van der Waals surface area contributed by atoms with E-state index in [1.165, 1.54) is 5.56 Å². The molecule has 0 amide bonds. The van der Waals surface area contributed by atoms with Crippen LogP contribution in [-0.4, -0.2) is 26.7 Å². The summed E-state index contributed by atoms with van der Waals surface area (Å²) in [5, 5.41) is 0. The van der Waals surface area contributed by atoms with Gasteiger partial charge in [-0.1, -0.05) is 26.0 Å². The summed E-state index contributed by atoms with van der Waals surface area (Å²) in [5.74, 6) is 1.84. The molecule has 138 valence electrons. The van der Waals surface area contributed by atoms with Crippen LogP contribution in [0.15, 0.2) is 24.3 Å². The van der Waals surface area contributed by atoms with E-state index in [1.807, 2.05) is 44.7 Å². The maximum Gasteiger partial charge on any atom is 0.136 e. The second-order valence-electron chi connectivity index (χ2n) is 8.44. The lowest BCUT2D eigenvalue weighted by Gasteiger charge is -2.37. The van der Waals surface area contributed by atoms with Crippen LogP contribution >= 0.6 is 11.8 Å². The Kier molecular flexibility index (Phi) is 7.54. The highest BCUT2D eigenvalue weighted by atomic mass is 32.2. The number of ether oxygens (including phenoxy) is 1. The molecule has 1 N–H and O–H groups in total. The molecule has 1 aromatic carbocycles. The zero-order chi connectivity index (χ0) is 18.6. The van der Waals surface area contributed by atoms with E-state index in [1.54, 1.807) is 7.11 Å². The summed E-state index contributed by atoms with van der Waals surface area (Å²) in [7, 11) is 1.68. The monoisotopic (exact) mass is 371 g/mol. The number of thioether (sulfide) groups is 1. The lowest BCUT2D eigenvalue weighted by atomic mass is 9.93. The molecule has 0 bridgehead atoms. The number of benzene rings is 1. The summed E-state index contributed by atoms with van der Waals surface area (Å²) < 4.78 is 20.7. The van der Waals surface area contributed by atoms with Gasteiger partial charge in [-0.15, -0.1) is 4.72 Å². The highest BCUT2D eigenvalue weighted by Crippen LogP contribution is 2.36. The van der Waals surface area contributed by atoms with E-state index in [-0.39, 0.29) is 15.0 Å². The fraction of sp³-hybridized carbons (Fsp3) is 0.684. The van der Waals surface area contributed by atoms with Crippen LogP contribution in [0, 0.1) is 0 Å². The van der Waals surface area contributed by atoms with Gasteiger partial charge < -0.3 is 9.29 Å². The number of nitrogens with one attached hydrogen (secondary N) is 1. The van der Waals surface area contributed by atoms with Crippen molar-refractivity contribution in [1.82, 2.24) is 4.72 Å². The van der Waals surface area contributed by atoms with Crippen molar-refractivity contribution in [3.63, 3.8) is 0 Å². The third-order valence-corrected chi connectivity index (χ3v) is 6.84. The Balaban J connectivity index is 2.60. The Morgan fingerprint density at radius 2 is 1.58 bits per heavy atom. The lowest BCUT2D eigenvalue weighted by Crippen LogP contribution is -2.52. The van der Waals surface area contributed by atoms with Crippen molar-refractivity contribution in [2.45, 2.75) is 75.7 Å². The minimum absolute atomic E-state index is 0.0819. The van der Waals surface area contributed by atoms with Gasteiger partial charge in [0, 0.05) is 21.9 Å². The molecule has 0 aliphatic heterocycles. The predicted octanol–water partition coefficient (Wildman–Crippen LogP) is 4.93. The molecular formula is C19H33NO2S2. The molecule has 0 radical (unpaired) electrons. The number of hydrogen-bond acceptors (Lipinski definition) is 4. The van der Waals surface area contributed by atoms with Gasteiger partial charge in [0.25, 0.3) is 0 Å². The molecule has 0 saturated heterocycles. The number of rotatable bonds is 8. The van der Waals surface area contributed by atoms with Crippen molar-refractivity contribution in [2.75, 3.05) is 7.11 Å². The standard InChI is InChI=1S/C19H33NO2S2/c1-17(2,3)24(21)20-18(4,5)14-19(6,7)23-13-15-9-11-16(22-8)12-10-15/h9-12,20H,13-14H2,1-8H3. The third-order valence-electron chi connectivity index (χ3n) is 3.58. The van der Waals surface area contributed by atoms with Crippen LogP contribution in [0.2, 0.25) is 0 Å². The van der Waals surface area contributed by atoms with E-state index >= 15 is 0 Å². The smallest absolute Gasteiger partial charge is 0.136 e. The van der Waals surface area contributed by atoms with Crippen LogP contribution in [0.5, 0.6) is 5.75 Å². The Morgan fingerprint density at radius 1 is 1.04 bits per heavy atom. The quantitative estimate of drug-likeness (QED) is 0.658. The molecule has 0 aliphatic rings. The molecule has 24 heavy (non-hydrogen) atoms. The van der Waals surface area contributed by atoms with Crippen molar-refractivity contribution < 1.29 is 9.29 Å². The average Bonchev–Trinajstić information content (AvgIpc) is 2.43. The van der Waals surface area contributed by atoms with E-state index in [4.69, 9.17) is 4.74 Å². The fourth-order valence-corrected chi connectivity index (χ4v) is 4.65. The molecule has 3 nitrogen and oxygen atoms in total. The Morgan fingerprint density at radius 3 is 2.04 bits per heavy atom. The normalized spacial score (nSPS) is 14.5. The molecule has 1 rings (SSSR count). The van der Waals surface area contributed by atoms with Crippen LogP contribution < -0.4 is 9.46 Å². The molecule has 0 saturated carbocycles. The molecule has 0 spiro atoms. The van der Waals surface area contributed by atoms with Gasteiger partial charge in [0.2, 0.25) is 0 Å². The SMILES string of the molecule is COc1ccc(CSC(C)(C)CC(C)(C)N[S+]([O-])C(C)(C)C)cc1. The predicted molar refractivity (Wildman–Crippen MR) is 108 cm³/mol. The number of hydrogen-bond donors (Lipinski definition) is 1. The first-order valence-electron chi connectivity index (χ1n) is 8.31. The fourth-order valence-electron chi connectivity index (χ4n) is 2.56. The van der Waals surface area contributed by atoms with E-state index in [9.17, 15) is 4.55 Å². The van der Waals surface area contributed by atoms with Crippen molar-refractivity contribution in [3.05, 3.63) is 29.8 Å². The molecule has 0 aliphatic carbocycles. The van der Waals surface area contributed by atoms with Crippen molar-refractivity contribution in [1.29, 1.82) is 0 Å². The second-order valence-corrected chi connectivity index (χ2v) is 12.1. The topological polar surface area (TPSA) is 44.3 Å². The Hall–Kier alpha value is -0.360. The molecule has 0 fully saturated rings. The van der Waals surface area contributed by atoms with Crippen molar-refractivity contribution >= 4 is 23.1 Å². The van der Waals surface area contributed by atoms with E-state index < -0.39 is 11.4 Å². The third kappa shape index (κ3) is 7.68. The van der Waals surface area contributed by atoms with Crippen molar-refractivity contribution in [2.24, 2.45) is 0 Å². The summed E-state index contributed by atoms with van der Waals surface area (Å²) in [6.45, 7) is 14.8. The van der Waals surface area contributed by atoms with Gasteiger partial charge in [0.1, 0.15) is 10.5 Å². The minimum Gasteiger partial charge on any atom is -0.598 e. The summed E-state index contributed by atoms with van der Waals surface area (Å²) in [6, 6.07) is 8.22. The second kappa shape index (κ2) is 8.35. The summed E-state index contributed by atoms with van der Waals surface area (Å²) in [4.78, 5) is 0. The first-order valence-corrected chi connectivity index (χ1v) is 10.4. The van der Waals surface area contributed by atoms with Gasteiger partial charge >= 0.3 is 0 Å². The van der Waals surface area contributed by atoms with Gasteiger partial charge in [-0.05, 0) is 58.7 Å². The first-order chi connectivity index (χ1) is 10.8. The maximum atomic E-state index is 12.4. The van der Waals surface area contributed by atoms with Gasteiger partial charge in [-0.3, -0.25) is 0 Å². The molecule has 1 atom stereocenters. The van der Waals surface area contributed by atoms with Gasteiger partial charge in [-0.2, -0.15) is 11.8 Å². The average molecular weight is 372 g/mol. The minimum atomic E-state index is -1.06. The summed E-state index contributed by atoms with van der Waals surface area (Å²) in [5.41, 5.74) is 1.10. The molecule has 0 aromatic heterocycles. The van der Waals surface area contributed by atoms with E-state index in [2.05, 4.69) is 44.5 Å². The van der Waals surface area contributed by atoms with Crippen molar-refractivity contribution in [3.8, 4) is 5.75 Å². The van der Waals surface area contributed by atoms with E-state index in [0.717, 1.165) is 17.9 Å². The van der Waals surface area contributed by atoms with Gasteiger partial charge in [0.05, 0.1) is 12.6 Å². The molecule has 5 heteroatoms. The summed E-state index contributed by atoms with van der Waals surface area (Å²) >= 11 is 0.869. The van der Waals surface area contributed by atoms with Crippen LogP contribution in [0.3, 0.4) is 0 Å². The largest absolute Gasteiger partial charge is 0.598 e. The Labute approximate surface area is 155 Å². The molecule has 1 unspecified atom stereocenters. The Bertz CT molecular complexity index is 507. The van der Waals surface area contributed by atoms with E-state index in [0.29, 0.717) is 0 Å².